The minimum atomic E-state index is -0.558. The molecule has 2 saturated carbocycles. The molecule has 3 heteroatoms. The molecular formula is C15H20N2O. The maximum Gasteiger partial charge on any atom is 0.243 e. The Morgan fingerprint density at radius 1 is 1.28 bits per heavy atom. The Labute approximate surface area is 108 Å². The number of rotatable bonds is 4. The number of hydrogen-bond acceptors (Lipinski definition) is 2. The van der Waals surface area contributed by atoms with E-state index in [0.717, 1.165) is 32.1 Å². The predicted molar refractivity (Wildman–Crippen MR) is 70.8 cm³/mol. The molecule has 1 amide bonds. The zero-order valence-electron chi connectivity index (χ0n) is 10.6. The third kappa shape index (κ3) is 2.15. The average molecular weight is 244 g/mol. The molecular weight excluding hydrogens is 224 g/mol. The smallest absolute Gasteiger partial charge is 0.243 e. The van der Waals surface area contributed by atoms with Crippen LogP contribution in [0.3, 0.4) is 0 Å². The summed E-state index contributed by atoms with van der Waals surface area (Å²) in [6.07, 6.45) is 5.06. The van der Waals surface area contributed by atoms with Crippen LogP contribution in [0, 0.1) is 0 Å². The van der Waals surface area contributed by atoms with Gasteiger partial charge in [0.25, 0.3) is 0 Å². The minimum absolute atomic E-state index is 0.167. The van der Waals surface area contributed by atoms with Gasteiger partial charge in [0.1, 0.15) is 0 Å². The van der Waals surface area contributed by atoms with Gasteiger partial charge in [0, 0.05) is 12.6 Å². The summed E-state index contributed by atoms with van der Waals surface area (Å²) in [7, 11) is 0. The summed E-state index contributed by atoms with van der Waals surface area (Å²) in [5.74, 6) is 0.167. The summed E-state index contributed by atoms with van der Waals surface area (Å²) in [4.78, 5) is 14.5. The maximum atomic E-state index is 12.5. The summed E-state index contributed by atoms with van der Waals surface area (Å²) in [6.45, 7) is 0.712. The fourth-order valence-electron chi connectivity index (χ4n) is 2.59. The van der Waals surface area contributed by atoms with E-state index in [0.29, 0.717) is 12.6 Å². The molecule has 3 rings (SSSR count). The van der Waals surface area contributed by atoms with Gasteiger partial charge in [-0.3, -0.25) is 4.79 Å². The van der Waals surface area contributed by atoms with Crippen LogP contribution >= 0.6 is 0 Å². The predicted octanol–water partition coefficient (Wildman–Crippen LogP) is 2.06. The summed E-state index contributed by atoms with van der Waals surface area (Å²) < 4.78 is 0. The van der Waals surface area contributed by atoms with Crippen LogP contribution in [0.1, 0.15) is 37.7 Å². The Morgan fingerprint density at radius 2 is 1.94 bits per heavy atom. The van der Waals surface area contributed by atoms with Gasteiger partial charge in [-0.25, -0.2) is 0 Å². The third-order valence-electron chi connectivity index (χ3n) is 4.12. The van der Waals surface area contributed by atoms with Crippen molar-refractivity contribution in [2.45, 2.75) is 50.2 Å². The molecule has 2 aliphatic carbocycles. The number of carbonyl (C=O) groups excluding carboxylic acids is 1. The van der Waals surface area contributed by atoms with Gasteiger partial charge in [0.05, 0.1) is 5.54 Å². The molecule has 2 N–H and O–H groups in total. The highest BCUT2D eigenvalue weighted by Gasteiger charge is 2.46. The number of hydrogen-bond donors (Lipinski definition) is 1. The number of carbonyl (C=O) groups is 1. The third-order valence-corrected chi connectivity index (χ3v) is 4.12. The lowest BCUT2D eigenvalue weighted by molar-refractivity contribution is -0.141. The molecule has 96 valence electrons. The monoisotopic (exact) mass is 244 g/mol. The molecule has 1 aromatic carbocycles. The van der Waals surface area contributed by atoms with Gasteiger partial charge in [-0.05, 0) is 37.7 Å². The fraction of sp³-hybridized carbons (Fsp3) is 0.533. The Hall–Kier alpha value is -1.35. The maximum absolute atomic E-state index is 12.5. The van der Waals surface area contributed by atoms with E-state index >= 15 is 0 Å². The summed E-state index contributed by atoms with van der Waals surface area (Å²) in [5.41, 5.74) is 6.81. The van der Waals surface area contributed by atoms with E-state index in [1.807, 2.05) is 23.1 Å². The molecule has 1 aromatic rings. The van der Waals surface area contributed by atoms with E-state index in [2.05, 4.69) is 12.1 Å². The normalized spacial score (nSPS) is 21.2. The number of nitrogens with zero attached hydrogens (tertiary/aromatic N) is 1. The van der Waals surface area contributed by atoms with Crippen molar-refractivity contribution in [1.82, 2.24) is 4.90 Å². The van der Waals surface area contributed by atoms with Gasteiger partial charge in [-0.2, -0.15) is 0 Å². The van der Waals surface area contributed by atoms with E-state index in [1.54, 1.807) is 0 Å². The van der Waals surface area contributed by atoms with Crippen molar-refractivity contribution in [1.29, 1.82) is 0 Å². The largest absolute Gasteiger partial charge is 0.334 e. The van der Waals surface area contributed by atoms with Crippen molar-refractivity contribution in [2.75, 3.05) is 0 Å². The van der Waals surface area contributed by atoms with Crippen molar-refractivity contribution in [3.8, 4) is 0 Å². The van der Waals surface area contributed by atoms with Crippen LogP contribution in [0.15, 0.2) is 30.3 Å². The van der Waals surface area contributed by atoms with Crippen molar-refractivity contribution < 1.29 is 4.79 Å². The van der Waals surface area contributed by atoms with Crippen LogP contribution in [-0.2, 0) is 11.3 Å². The highest BCUT2D eigenvalue weighted by Crippen LogP contribution is 2.36. The quantitative estimate of drug-likeness (QED) is 0.881. The molecule has 0 heterocycles. The van der Waals surface area contributed by atoms with E-state index in [4.69, 9.17) is 5.73 Å². The number of benzene rings is 1. The molecule has 0 aromatic heterocycles. The van der Waals surface area contributed by atoms with Crippen LogP contribution in [0.5, 0.6) is 0 Å². The van der Waals surface area contributed by atoms with E-state index in [-0.39, 0.29) is 5.91 Å². The SMILES string of the molecule is NC1(C(=O)N(Cc2ccccc2)C2CC2)CCC1. The Kier molecular flexibility index (Phi) is 2.86. The van der Waals surface area contributed by atoms with E-state index < -0.39 is 5.54 Å². The van der Waals surface area contributed by atoms with Gasteiger partial charge in [0.15, 0.2) is 0 Å². The van der Waals surface area contributed by atoms with Crippen LogP contribution in [-0.4, -0.2) is 22.4 Å². The Balaban J connectivity index is 1.74. The van der Waals surface area contributed by atoms with Gasteiger partial charge < -0.3 is 10.6 Å². The second-order valence-corrected chi connectivity index (χ2v) is 5.66. The summed E-state index contributed by atoms with van der Waals surface area (Å²) in [6, 6.07) is 10.6. The average Bonchev–Trinajstić information content (AvgIpc) is 3.18. The van der Waals surface area contributed by atoms with Crippen LogP contribution in [0.4, 0.5) is 0 Å². The second kappa shape index (κ2) is 4.39. The first-order valence-corrected chi connectivity index (χ1v) is 6.83. The van der Waals surface area contributed by atoms with Crippen molar-refractivity contribution in [3.63, 3.8) is 0 Å². The van der Waals surface area contributed by atoms with E-state index in [9.17, 15) is 4.79 Å². The second-order valence-electron chi connectivity index (χ2n) is 5.66. The molecule has 0 radical (unpaired) electrons. The topological polar surface area (TPSA) is 46.3 Å². The first-order chi connectivity index (χ1) is 8.69. The van der Waals surface area contributed by atoms with Crippen LogP contribution in [0.2, 0.25) is 0 Å². The molecule has 0 aliphatic heterocycles. The Bertz CT molecular complexity index is 435. The highest BCUT2D eigenvalue weighted by atomic mass is 16.2. The Morgan fingerprint density at radius 3 is 2.44 bits per heavy atom. The molecule has 2 fully saturated rings. The molecule has 0 spiro atoms. The van der Waals surface area contributed by atoms with Crippen molar-refractivity contribution in [3.05, 3.63) is 35.9 Å². The van der Waals surface area contributed by atoms with Crippen molar-refractivity contribution >= 4 is 5.91 Å². The lowest BCUT2D eigenvalue weighted by Crippen LogP contribution is -2.59. The summed E-state index contributed by atoms with van der Waals surface area (Å²) in [5, 5.41) is 0. The fourth-order valence-corrected chi connectivity index (χ4v) is 2.59. The van der Waals surface area contributed by atoms with Crippen molar-refractivity contribution in [2.24, 2.45) is 5.73 Å². The number of amides is 1. The molecule has 0 saturated heterocycles. The molecule has 3 nitrogen and oxygen atoms in total. The highest BCUT2D eigenvalue weighted by molar-refractivity contribution is 5.87. The first-order valence-electron chi connectivity index (χ1n) is 6.83. The minimum Gasteiger partial charge on any atom is -0.334 e. The first kappa shape index (κ1) is 11.7. The van der Waals surface area contributed by atoms with Gasteiger partial charge >= 0.3 is 0 Å². The van der Waals surface area contributed by atoms with Gasteiger partial charge in [0.2, 0.25) is 5.91 Å². The molecule has 0 atom stereocenters. The lowest BCUT2D eigenvalue weighted by Gasteiger charge is -2.40. The van der Waals surface area contributed by atoms with Crippen LogP contribution in [0.25, 0.3) is 0 Å². The van der Waals surface area contributed by atoms with E-state index in [1.165, 1.54) is 5.56 Å². The summed E-state index contributed by atoms with van der Waals surface area (Å²) >= 11 is 0. The molecule has 0 unspecified atom stereocenters. The van der Waals surface area contributed by atoms with Gasteiger partial charge in [-0.15, -0.1) is 0 Å². The molecule has 18 heavy (non-hydrogen) atoms. The zero-order chi connectivity index (χ0) is 12.6. The van der Waals surface area contributed by atoms with Gasteiger partial charge in [-0.1, -0.05) is 30.3 Å². The molecule has 0 bridgehead atoms. The molecule has 2 aliphatic rings. The standard InChI is InChI=1S/C15H20N2O/c16-15(9-4-10-15)14(18)17(13-7-8-13)11-12-5-2-1-3-6-12/h1-3,5-6,13H,4,7-11,16H2. The lowest BCUT2D eigenvalue weighted by atomic mass is 9.76. The van der Waals surface area contributed by atoms with Crippen LogP contribution < -0.4 is 5.73 Å². The zero-order valence-corrected chi connectivity index (χ0v) is 10.6. The number of nitrogens with two attached hydrogens (primary N) is 1.